The molecule has 142 valence electrons. The quantitative estimate of drug-likeness (QED) is 0.845. The summed E-state index contributed by atoms with van der Waals surface area (Å²) in [5.74, 6) is 0.724. The van der Waals surface area contributed by atoms with Gasteiger partial charge in [0, 0.05) is 24.4 Å². The molecule has 2 atom stereocenters. The van der Waals surface area contributed by atoms with Gasteiger partial charge in [-0.05, 0) is 50.1 Å². The maximum Gasteiger partial charge on any atom is 0.257 e. The molecule has 2 aliphatic heterocycles. The second-order valence-corrected chi connectivity index (χ2v) is 6.84. The summed E-state index contributed by atoms with van der Waals surface area (Å²) in [6.45, 7) is 3.65. The van der Waals surface area contributed by atoms with Crippen LogP contribution in [0.3, 0.4) is 0 Å². The second kappa shape index (κ2) is 7.48. The van der Waals surface area contributed by atoms with Crippen molar-refractivity contribution in [3.05, 3.63) is 53.6 Å². The predicted octanol–water partition coefficient (Wildman–Crippen LogP) is 3.54. The number of nitrogens with one attached hydrogen (secondary N) is 1. The first kappa shape index (κ1) is 17.7. The number of nitrogens with zero attached hydrogens (tertiary/aromatic N) is 1. The van der Waals surface area contributed by atoms with Crippen LogP contribution in [0.1, 0.15) is 41.9 Å². The van der Waals surface area contributed by atoms with Gasteiger partial charge in [0.2, 0.25) is 0 Å². The molecule has 0 spiro atoms. The molecule has 2 aromatic carbocycles. The number of phenolic OH excluding ortho intramolecular Hbond substituents is 1. The number of phenols is 1. The highest BCUT2D eigenvalue weighted by Crippen LogP contribution is 2.38. The molecular formula is C21H24N2O4. The Morgan fingerprint density at radius 3 is 2.93 bits per heavy atom. The lowest BCUT2D eigenvalue weighted by atomic mass is 10.0. The Hall–Kier alpha value is -2.73. The molecule has 2 N–H and O–H groups in total. The highest BCUT2D eigenvalue weighted by molar-refractivity contribution is 6.01. The molecule has 1 fully saturated rings. The van der Waals surface area contributed by atoms with Gasteiger partial charge < -0.3 is 24.8 Å². The summed E-state index contributed by atoms with van der Waals surface area (Å²) in [6.07, 6.45) is 1.47. The lowest BCUT2D eigenvalue weighted by Gasteiger charge is -2.39. The van der Waals surface area contributed by atoms with Gasteiger partial charge in [0.1, 0.15) is 17.7 Å². The third-order valence-electron chi connectivity index (χ3n) is 5.05. The first-order chi connectivity index (χ1) is 13.2. The SMILES string of the molecule is CCOc1ccc(O)c(C2Nc3ccccc3C(=O)N2CC2CCCO2)c1. The number of para-hydroxylation sites is 1. The zero-order chi connectivity index (χ0) is 18.8. The number of rotatable bonds is 5. The minimum absolute atomic E-state index is 0.0146. The van der Waals surface area contributed by atoms with Crippen molar-refractivity contribution in [1.29, 1.82) is 0 Å². The van der Waals surface area contributed by atoms with Crippen LogP contribution in [-0.4, -0.2) is 41.8 Å². The molecule has 4 rings (SSSR count). The second-order valence-electron chi connectivity index (χ2n) is 6.84. The van der Waals surface area contributed by atoms with Crippen molar-refractivity contribution >= 4 is 11.6 Å². The van der Waals surface area contributed by atoms with Crippen LogP contribution in [0.2, 0.25) is 0 Å². The Morgan fingerprint density at radius 2 is 2.15 bits per heavy atom. The van der Waals surface area contributed by atoms with Crippen LogP contribution in [0.25, 0.3) is 0 Å². The van der Waals surface area contributed by atoms with Gasteiger partial charge in [0.15, 0.2) is 0 Å². The van der Waals surface area contributed by atoms with Crippen LogP contribution in [0.5, 0.6) is 11.5 Å². The molecule has 0 radical (unpaired) electrons. The zero-order valence-corrected chi connectivity index (χ0v) is 15.4. The number of amides is 1. The molecule has 2 heterocycles. The van der Waals surface area contributed by atoms with E-state index < -0.39 is 6.17 Å². The molecule has 0 aliphatic carbocycles. The first-order valence-electron chi connectivity index (χ1n) is 9.41. The summed E-state index contributed by atoms with van der Waals surface area (Å²) in [6, 6.07) is 12.6. The van der Waals surface area contributed by atoms with Crippen molar-refractivity contribution < 1.29 is 19.4 Å². The molecule has 1 amide bonds. The molecule has 6 heteroatoms. The molecule has 6 nitrogen and oxygen atoms in total. The van der Waals surface area contributed by atoms with Gasteiger partial charge >= 0.3 is 0 Å². The highest BCUT2D eigenvalue weighted by Gasteiger charge is 2.36. The summed E-state index contributed by atoms with van der Waals surface area (Å²) in [5, 5.41) is 13.9. The van der Waals surface area contributed by atoms with Crippen LogP contribution in [0.4, 0.5) is 5.69 Å². The smallest absolute Gasteiger partial charge is 0.257 e. The highest BCUT2D eigenvalue weighted by atomic mass is 16.5. The number of carbonyl (C=O) groups is 1. The van der Waals surface area contributed by atoms with Gasteiger partial charge in [-0.1, -0.05) is 12.1 Å². The van der Waals surface area contributed by atoms with E-state index in [2.05, 4.69) is 5.32 Å². The van der Waals surface area contributed by atoms with Crippen LogP contribution in [0, 0.1) is 0 Å². The number of benzene rings is 2. The largest absolute Gasteiger partial charge is 0.508 e. The lowest BCUT2D eigenvalue weighted by molar-refractivity contribution is 0.0424. The number of aromatic hydroxyl groups is 1. The van der Waals surface area contributed by atoms with E-state index >= 15 is 0 Å². The topological polar surface area (TPSA) is 71.0 Å². The molecule has 0 bridgehead atoms. The molecule has 2 unspecified atom stereocenters. The lowest BCUT2D eigenvalue weighted by Crippen LogP contribution is -2.46. The van der Waals surface area contributed by atoms with E-state index in [9.17, 15) is 9.90 Å². The van der Waals surface area contributed by atoms with Gasteiger partial charge in [-0.3, -0.25) is 4.79 Å². The first-order valence-corrected chi connectivity index (χ1v) is 9.41. The average molecular weight is 368 g/mol. The monoisotopic (exact) mass is 368 g/mol. The molecular weight excluding hydrogens is 344 g/mol. The summed E-state index contributed by atoms with van der Waals surface area (Å²) < 4.78 is 11.4. The Labute approximate surface area is 158 Å². The minimum Gasteiger partial charge on any atom is -0.508 e. The van der Waals surface area contributed by atoms with Crippen molar-refractivity contribution in [3.63, 3.8) is 0 Å². The molecule has 2 aromatic rings. The summed E-state index contributed by atoms with van der Waals surface area (Å²) >= 11 is 0. The van der Waals surface area contributed by atoms with E-state index in [0.29, 0.717) is 30.0 Å². The van der Waals surface area contributed by atoms with Gasteiger partial charge in [0.25, 0.3) is 5.91 Å². The van der Waals surface area contributed by atoms with E-state index in [1.54, 1.807) is 23.1 Å². The van der Waals surface area contributed by atoms with Crippen LogP contribution in [-0.2, 0) is 4.74 Å². The maximum absolute atomic E-state index is 13.2. The number of carbonyl (C=O) groups excluding carboxylic acids is 1. The third kappa shape index (κ3) is 3.45. The number of fused-ring (bicyclic) bond motifs is 1. The fraction of sp³-hybridized carbons (Fsp3) is 0.381. The van der Waals surface area contributed by atoms with E-state index in [-0.39, 0.29) is 17.8 Å². The van der Waals surface area contributed by atoms with E-state index in [1.165, 1.54) is 0 Å². The fourth-order valence-electron chi connectivity index (χ4n) is 3.74. The number of hydrogen-bond donors (Lipinski definition) is 2. The van der Waals surface area contributed by atoms with Crippen molar-refractivity contribution in [2.24, 2.45) is 0 Å². The van der Waals surface area contributed by atoms with Crippen molar-refractivity contribution in [2.45, 2.75) is 32.0 Å². The molecule has 0 aromatic heterocycles. The molecule has 0 saturated carbocycles. The molecule has 2 aliphatic rings. The number of hydrogen-bond acceptors (Lipinski definition) is 5. The Bertz CT molecular complexity index is 833. The van der Waals surface area contributed by atoms with E-state index in [1.807, 2.05) is 31.2 Å². The zero-order valence-electron chi connectivity index (χ0n) is 15.4. The Kier molecular flexibility index (Phi) is 4.90. The van der Waals surface area contributed by atoms with Gasteiger partial charge in [-0.25, -0.2) is 0 Å². The van der Waals surface area contributed by atoms with E-state index in [4.69, 9.17) is 9.47 Å². The molecule has 1 saturated heterocycles. The van der Waals surface area contributed by atoms with Crippen molar-refractivity contribution in [1.82, 2.24) is 4.90 Å². The van der Waals surface area contributed by atoms with Crippen LogP contribution >= 0.6 is 0 Å². The fourth-order valence-corrected chi connectivity index (χ4v) is 3.74. The van der Waals surface area contributed by atoms with E-state index in [0.717, 1.165) is 25.1 Å². The summed E-state index contributed by atoms with van der Waals surface area (Å²) in [4.78, 5) is 15.0. The Morgan fingerprint density at radius 1 is 1.30 bits per heavy atom. The third-order valence-corrected chi connectivity index (χ3v) is 5.05. The number of ether oxygens (including phenoxy) is 2. The molecule has 27 heavy (non-hydrogen) atoms. The van der Waals surface area contributed by atoms with Crippen LogP contribution < -0.4 is 10.1 Å². The number of anilines is 1. The van der Waals surface area contributed by atoms with Gasteiger partial charge in [-0.2, -0.15) is 0 Å². The Balaban J connectivity index is 1.73. The normalized spacial score (nSPS) is 21.7. The van der Waals surface area contributed by atoms with Crippen LogP contribution in [0.15, 0.2) is 42.5 Å². The predicted molar refractivity (Wildman–Crippen MR) is 102 cm³/mol. The standard InChI is InChI=1S/C21H24N2O4/c1-2-26-14-9-10-19(24)17(12-14)20-22-18-8-4-3-7-16(18)21(25)23(20)13-15-6-5-11-27-15/h3-4,7-10,12,15,20,22,24H,2,5-6,11,13H2,1H3. The maximum atomic E-state index is 13.2. The average Bonchev–Trinajstić information content (AvgIpc) is 3.19. The minimum atomic E-state index is -0.489. The van der Waals surface area contributed by atoms with Gasteiger partial charge in [0.05, 0.1) is 18.3 Å². The summed E-state index contributed by atoms with van der Waals surface area (Å²) in [5.41, 5.74) is 2.01. The van der Waals surface area contributed by atoms with Crippen molar-refractivity contribution in [2.75, 3.05) is 25.1 Å². The van der Waals surface area contributed by atoms with Gasteiger partial charge in [-0.15, -0.1) is 0 Å². The summed E-state index contributed by atoms with van der Waals surface area (Å²) in [7, 11) is 0. The van der Waals surface area contributed by atoms with Crippen molar-refractivity contribution in [3.8, 4) is 11.5 Å².